The van der Waals surface area contributed by atoms with Crippen molar-refractivity contribution < 1.29 is 18.0 Å². The zero-order valence-electron chi connectivity index (χ0n) is 18.2. The van der Waals surface area contributed by atoms with Crippen LogP contribution >= 0.6 is 0 Å². The molecule has 1 saturated heterocycles. The summed E-state index contributed by atoms with van der Waals surface area (Å²) in [6.07, 6.45) is 2.50. The van der Waals surface area contributed by atoms with Gasteiger partial charge < -0.3 is 10.2 Å². The highest BCUT2D eigenvalue weighted by molar-refractivity contribution is 7.89. The molecule has 32 heavy (non-hydrogen) atoms. The van der Waals surface area contributed by atoms with Gasteiger partial charge in [0.15, 0.2) is 0 Å². The summed E-state index contributed by atoms with van der Waals surface area (Å²) in [5.74, 6) is -0.175. The number of nitrogens with one attached hydrogen (secondary N) is 1. The third-order valence-electron chi connectivity index (χ3n) is 5.59. The molecule has 0 spiro atoms. The third-order valence-corrected chi connectivity index (χ3v) is 6.50. The average molecular weight is 459 g/mol. The molecule has 9 heteroatoms. The number of carbonyl (C=O) groups is 2. The lowest BCUT2D eigenvalue weighted by Crippen LogP contribution is -2.49. The van der Waals surface area contributed by atoms with E-state index in [0.717, 1.165) is 25.8 Å². The largest absolute Gasteiger partial charge is 0.339 e. The van der Waals surface area contributed by atoms with Crippen LogP contribution < -0.4 is 10.5 Å². The highest BCUT2D eigenvalue weighted by Gasteiger charge is 2.28. The zero-order chi connectivity index (χ0) is 23.1. The zero-order valence-corrected chi connectivity index (χ0v) is 19.1. The van der Waals surface area contributed by atoms with Crippen molar-refractivity contribution in [2.45, 2.75) is 37.1 Å². The van der Waals surface area contributed by atoms with E-state index < -0.39 is 10.0 Å². The normalized spacial score (nSPS) is 15.0. The number of carbonyl (C=O) groups excluding carboxylic acids is 2. The highest BCUT2D eigenvalue weighted by Crippen LogP contribution is 2.20. The molecule has 8 nitrogen and oxygen atoms in total. The van der Waals surface area contributed by atoms with Gasteiger partial charge in [-0.15, -0.1) is 0 Å². The van der Waals surface area contributed by atoms with Crippen LogP contribution in [0.15, 0.2) is 59.5 Å². The van der Waals surface area contributed by atoms with Crippen LogP contribution in [0.2, 0.25) is 0 Å². The van der Waals surface area contributed by atoms with Crippen LogP contribution in [0.1, 0.15) is 36.5 Å². The standard InChI is InChI=1S/C23H30N4O4S/c1-2-13-27(17-22(28)25-19-9-6-10-21(16-19)32(24,30)31)20-11-14-26(15-12-20)23(29)18-7-4-3-5-8-18/h3-10,16,20H,2,11-15,17H2,1H3,(H,25,28)(H2,24,30,31). The second-order valence-electron chi connectivity index (χ2n) is 7.98. The molecule has 0 aliphatic carbocycles. The molecule has 1 heterocycles. The number of likely N-dealkylation sites (tertiary alicyclic amines) is 1. The molecule has 3 rings (SSSR count). The first-order valence-electron chi connectivity index (χ1n) is 10.8. The lowest BCUT2D eigenvalue weighted by molar-refractivity contribution is -0.118. The van der Waals surface area contributed by atoms with Crippen LogP contribution in [0.3, 0.4) is 0 Å². The van der Waals surface area contributed by atoms with Crippen LogP contribution in [0.25, 0.3) is 0 Å². The number of nitrogens with zero attached hydrogens (tertiary/aromatic N) is 2. The van der Waals surface area contributed by atoms with Crippen molar-refractivity contribution in [2.75, 3.05) is 31.5 Å². The Balaban J connectivity index is 1.58. The van der Waals surface area contributed by atoms with Crippen molar-refractivity contribution in [1.29, 1.82) is 0 Å². The Morgan fingerprint density at radius 2 is 1.78 bits per heavy atom. The summed E-state index contributed by atoms with van der Waals surface area (Å²) in [5.41, 5.74) is 1.08. The fourth-order valence-corrected chi connectivity index (χ4v) is 4.57. The van der Waals surface area contributed by atoms with E-state index >= 15 is 0 Å². The quantitative estimate of drug-likeness (QED) is 0.630. The van der Waals surface area contributed by atoms with E-state index in [1.54, 1.807) is 12.1 Å². The lowest BCUT2D eigenvalue weighted by atomic mass is 10.0. The Morgan fingerprint density at radius 3 is 2.41 bits per heavy atom. The van der Waals surface area contributed by atoms with Gasteiger partial charge in [0.05, 0.1) is 11.4 Å². The van der Waals surface area contributed by atoms with Crippen molar-refractivity contribution in [1.82, 2.24) is 9.80 Å². The highest BCUT2D eigenvalue weighted by atomic mass is 32.2. The van der Waals surface area contributed by atoms with Crippen LogP contribution in [0.5, 0.6) is 0 Å². The molecule has 0 saturated carbocycles. The smallest absolute Gasteiger partial charge is 0.253 e. The first-order valence-corrected chi connectivity index (χ1v) is 12.3. The summed E-state index contributed by atoms with van der Waals surface area (Å²) in [4.78, 5) is 29.3. The summed E-state index contributed by atoms with van der Waals surface area (Å²) in [6.45, 7) is 4.33. The minimum Gasteiger partial charge on any atom is -0.339 e. The van der Waals surface area contributed by atoms with Gasteiger partial charge in [-0.3, -0.25) is 14.5 Å². The number of anilines is 1. The molecule has 172 valence electrons. The Morgan fingerprint density at radius 1 is 1.09 bits per heavy atom. The minimum absolute atomic E-state index is 0.0403. The van der Waals surface area contributed by atoms with E-state index in [2.05, 4.69) is 17.1 Å². The topological polar surface area (TPSA) is 113 Å². The Bertz CT molecular complexity index is 1030. The summed E-state index contributed by atoms with van der Waals surface area (Å²) in [6, 6.07) is 15.4. The van der Waals surface area contributed by atoms with E-state index in [1.807, 2.05) is 35.2 Å². The number of hydrogen-bond acceptors (Lipinski definition) is 5. The number of nitrogens with two attached hydrogens (primary N) is 1. The molecule has 0 bridgehead atoms. The van der Waals surface area contributed by atoms with Crippen LogP contribution in [-0.2, 0) is 14.8 Å². The predicted molar refractivity (Wildman–Crippen MR) is 124 cm³/mol. The number of primary sulfonamides is 1. The first kappa shape index (κ1) is 23.9. The van der Waals surface area contributed by atoms with Gasteiger partial charge in [-0.1, -0.05) is 31.2 Å². The van der Waals surface area contributed by atoms with Gasteiger partial charge in [0, 0.05) is 30.4 Å². The van der Waals surface area contributed by atoms with Gasteiger partial charge in [-0.25, -0.2) is 13.6 Å². The maximum absolute atomic E-state index is 12.7. The van der Waals surface area contributed by atoms with Crippen molar-refractivity contribution >= 4 is 27.5 Å². The molecule has 0 unspecified atom stereocenters. The van der Waals surface area contributed by atoms with E-state index in [0.29, 0.717) is 24.3 Å². The molecule has 0 radical (unpaired) electrons. The second-order valence-corrected chi connectivity index (χ2v) is 9.54. The van der Waals surface area contributed by atoms with Crippen LogP contribution in [-0.4, -0.2) is 62.3 Å². The number of piperidine rings is 1. The minimum atomic E-state index is -3.84. The molecule has 0 aromatic heterocycles. The number of sulfonamides is 1. The molecule has 2 amide bonds. The maximum Gasteiger partial charge on any atom is 0.253 e. The summed E-state index contributed by atoms with van der Waals surface area (Å²) >= 11 is 0. The van der Waals surface area contributed by atoms with Crippen molar-refractivity contribution in [3.63, 3.8) is 0 Å². The Labute approximate surface area is 189 Å². The predicted octanol–water partition coefficient (Wildman–Crippen LogP) is 2.29. The number of benzene rings is 2. The molecule has 1 aliphatic heterocycles. The second kappa shape index (κ2) is 10.7. The number of amides is 2. The van der Waals surface area contributed by atoms with Crippen molar-refractivity contribution in [3.8, 4) is 0 Å². The van der Waals surface area contributed by atoms with E-state index in [4.69, 9.17) is 5.14 Å². The van der Waals surface area contributed by atoms with Gasteiger partial charge in [-0.2, -0.15) is 0 Å². The van der Waals surface area contributed by atoms with Crippen molar-refractivity contribution in [2.24, 2.45) is 5.14 Å². The average Bonchev–Trinajstić information content (AvgIpc) is 2.78. The molecule has 2 aromatic rings. The number of hydrogen-bond donors (Lipinski definition) is 2. The Hall–Kier alpha value is -2.75. The summed E-state index contributed by atoms with van der Waals surface area (Å²) in [7, 11) is -3.84. The van der Waals surface area contributed by atoms with Gasteiger partial charge in [0.1, 0.15) is 0 Å². The van der Waals surface area contributed by atoms with Gasteiger partial charge in [0.25, 0.3) is 5.91 Å². The van der Waals surface area contributed by atoms with E-state index in [-0.39, 0.29) is 29.3 Å². The van der Waals surface area contributed by atoms with Gasteiger partial charge in [0.2, 0.25) is 15.9 Å². The van der Waals surface area contributed by atoms with Crippen LogP contribution in [0, 0.1) is 0 Å². The van der Waals surface area contributed by atoms with Gasteiger partial charge in [-0.05, 0) is 56.1 Å². The lowest BCUT2D eigenvalue weighted by Gasteiger charge is -2.38. The van der Waals surface area contributed by atoms with Crippen molar-refractivity contribution in [3.05, 3.63) is 60.2 Å². The van der Waals surface area contributed by atoms with E-state index in [1.165, 1.54) is 12.1 Å². The van der Waals surface area contributed by atoms with Gasteiger partial charge >= 0.3 is 0 Å². The fourth-order valence-electron chi connectivity index (χ4n) is 4.01. The molecular formula is C23H30N4O4S. The SMILES string of the molecule is CCCN(CC(=O)Nc1cccc(S(N)(=O)=O)c1)C1CCN(C(=O)c2ccccc2)CC1. The first-order chi connectivity index (χ1) is 15.3. The van der Waals surface area contributed by atoms with E-state index in [9.17, 15) is 18.0 Å². The summed E-state index contributed by atoms with van der Waals surface area (Å²) in [5, 5.41) is 7.93. The fraction of sp³-hybridized carbons (Fsp3) is 0.391. The number of rotatable bonds is 8. The molecule has 2 aromatic carbocycles. The monoisotopic (exact) mass is 458 g/mol. The summed E-state index contributed by atoms with van der Waals surface area (Å²) < 4.78 is 23.1. The molecule has 3 N–H and O–H groups in total. The molecular weight excluding hydrogens is 428 g/mol. The molecule has 1 aliphatic rings. The van der Waals surface area contributed by atoms with Crippen LogP contribution in [0.4, 0.5) is 5.69 Å². The molecule has 1 fully saturated rings. The third kappa shape index (κ3) is 6.38. The Kier molecular flexibility index (Phi) is 8.00. The maximum atomic E-state index is 12.7. The molecule has 0 atom stereocenters.